The SMILES string of the molecule is CCC1OCCC1CNCc1ccc(C(=O)O)cc1. The standard InChI is InChI=1S/C15H21NO3/c1-2-14-13(7-8-19-14)10-16-9-11-3-5-12(6-4-11)15(17)18/h3-6,13-14,16H,2,7-10H2,1H3,(H,17,18). The molecule has 2 unspecified atom stereocenters. The largest absolute Gasteiger partial charge is 0.478 e. The quantitative estimate of drug-likeness (QED) is 0.826. The molecule has 1 saturated heterocycles. The van der Waals surface area contributed by atoms with Crippen LogP contribution < -0.4 is 5.32 Å². The van der Waals surface area contributed by atoms with Gasteiger partial charge in [0, 0.05) is 19.7 Å². The van der Waals surface area contributed by atoms with Gasteiger partial charge < -0.3 is 15.2 Å². The van der Waals surface area contributed by atoms with Crippen molar-refractivity contribution in [2.45, 2.75) is 32.4 Å². The number of carboxylic acid groups (broad SMARTS) is 1. The molecule has 0 saturated carbocycles. The number of hydrogen-bond acceptors (Lipinski definition) is 3. The number of nitrogens with one attached hydrogen (secondary N) is 1. The zero-order valence-electron chi connectivity index (χ0n) is 11.3. The van der Waals surface area contributed by atoms with E-state index in [1.807, 2.05) is 12.1 Å². The Hall–Kier alpha value is -1.39. The fraction of sp³-hybridized carbons (Fsp3) is 0.533. The van der Waals surface area contributed by atoms with Crippen LogP contribution in [0.1, 0.15) is 35.7 Å². The average Bonchev–Trinajstić information content (AvgIpc) is 2.87. The first kappa shape index (κ1) is 14.0. The topological polar surface area (TPSA) is 58.6 Å². The molecule has 1 aromatic carbocycles. The van der Waals surface area contributed by atoms with Crippen LogP contribution in [-0.2, 0) is 11.3 Å². The Labute approximate surface area is 113 Å². The van der Waals surface area contributed by atoms with Crippen LogP contribution in [0.25, 0.3) is 0 Å². The monoisotopic (exact) mass is 263 g/mol. The van der Waals surface area contributed by atoms with Crippen LogP contribution in [0.3, 0.4) is 0 Å². The molecule has 0 aliphatic carbocycles. The molecule has 2 N–H and O–H groups in total. The summed E-state index contributed by atoms with van der Waals surface area (Å²) in [5.41, 5.74) is 1.44. The van der Waals surface area contributed by atoms with Gasteiger partial charge in [-0.2, -0.15) is 0 Å². The minimum absolute atomic E-state index is 0.332. The molecule has 0 bridgehead atoms. The van der Waals surface area contributed by atoms with E-state index in [2.05, 4.69) is 12.2 Å². The Kier molecular flexibility index (Phi) is 4.93. The zero-order chi connectivity index (χ0) is 13.7. The lowest BCUT2D eigenvalue weighted by atomic mass is 9.99. The van der Waals surface area contributed by atoms with E-state index >= 15 is 0 Å². The highest BCUT2D eigenvalue weighted by Gasteiger charge is 2.25. The molecular weight excluding hydrogens is 242 g/mol. The zero-order valence-corrected chi connectivity index (χ0v) is 11.3. The number of aromatic carboxylic acids is 1. The lowest BCUT2D eigenvalue weighted by Crippen LogP contribution is -2.27. The molecule has 0 amide bonds. The van der Waals surface area contributed by atoms with Crippen molar-refractivity contribution in [2.75, 3.05) is 13.2 Å². The van der Waals surface area contributed by atoms with Crippen LogP contribution in [0.2, 0.25) is 0 Å². The number of benzene rings is 1. The van der Waals surface area contributed by atoms with Crippen molar-refractivity contribution in [2.24, 2.45) is 5.92 Å². The second-order valence-electron chi connectivity index (χ2n) is 5.00. The highest BCUT2D eigenvalue weighted by Crippen LogP contribution is 2.22. The Balaban J connectivity index is 1.77. The smallest absolute Gasteiger partial charge is 0.335 e. The first-order valence-electron chi connectivity index (χ1n) is 6.85. The summed E-state index contributed by atoms with van der Waals surface area (Å²) in [5, 5.41) is 12.3. The van der Waals surface area contributed by atoms with Crippen LogP contribution in [0.15, 0.2) is 24.3 Å². The van der Waals surface area contributed by atoms with Crippen molar-refractivity contribution in [1.82, 2.24) is 5.32 Å². The summed E-state index contributed by atoms with van der Waals surface area (Å²) in [6, 6.07) is 7.01. The fourth-order valence-electron chi connectivity index (χ4n) is 2.54. The summed E-state index contributed by atoms with van der Waals surface area (Å²) in [6.45, 7) is 4.76. The third kappa shape index (κ3) is 3.78. The summed E-state index contributed by atoms with van der Waals surface area (Å²) in [4.78, 5) is 10.7. The van der Waals surface area contributed by atoms with Crippen molar-refractivity contribution in [3.8, 4) is 0 Å². The summed E-state index contributed by atoms with van der Waals surface area (Å²) >= 11 is 0. The fourth-order valence-corrected chi connectivity index (χ4v) is 2.54. The van der Waals surface area contributed by atoms with Gasteiger partial charge in [0.25, 0.3) is 0 Å². The summed E-state index contributed by atoms with van der Waals surface area (Å²) in [5.74, 6) is -0.281. The van der Waals surface area contributed by atoms with Gasteiger partial charge in [0.1, 0.15) is 0 Å². The lowest BCUT2D eigenvalue weighted by molar-refractivity contribution is 0.0697. The first-order chi connectivity index (χ1) is 9.20. The summed E-state index contributed by atoms with van der Waals surface area (Å²) in [7, 11) is 0. The molecule has 1 aliphatic heterocycles. The van der Waals surface area contributed by atoms with Crippen LogP contribution >= 0.6 is 0 Å². The molecule has 0 aromatic heterocycles. The molecule has 1 aliphatic rings. The van der Waals surface area contributed by atoms with Crippen LogP contribution in [-0.4, -0.2) is 30.3 Å². The van der Waals surface area contributed by atoms with Gasteiger partial charge in [-0.05, 0) is 36.5 Å². The molecule has 4 nitrogen and oxygen atoms in total. The molecule has 2 atom stereocenters. The number of hydrogen-bond donors (Lipinski definition) is 2. The molecule has 1 fully saturated rings. The van der Waals surface area contributed by atoms with Gasteiger partial charge in [-0.1, -0.05) is 19.1 Å². The Bertz CT molecular complexity index is 416. The number of carboxylic acids is 1. The molecule has 0 radical (unpaired) electrons. The Morgan fingerprint density at radius 2 is 2.16 bits per heavy atom. The normalized spacial score (nSPS) is 22.6. The highest BCUT2D eigenvalue weighted by molar-refractivity contribution is 5.87. The minimum atomic E-state index is -0.881. The highest BCUT2D eigenvalue weighted by atomic mass is 16.5. The average molecular weight is 263 g/mol. The maximum Gasteiger partial charge on any atom is 0.335 e. The Morgan fingerprint density at radius 1 is 1.42 bits per heavy atom. The molecular formula is C15H21NO3. The second-order valence-corrected chi connectivity index (χ2v) is 5.00. The van der Waals surface area contributed by atoms with E-state index in [1.54, 1.807) is 12.1 Å². The predicted molar refractivity (Wildman–Crippen MR) is 73.2 cm³/mol. The lowest BCUT2D eigenvalue weighted by Gasteiger charge is -2.17. The summed E-state index contributed by atoms with van der Waals surface area (Å²) in [6.07, 6.45) is 2.59. The minimum Gasteiger partial charge on any atom is -0.478 e. The first-order valence-corrected chi connectivity index (χ1v) is 6.85. The molecule has 19 heavy (non-hydrogen) atoms. The second kappa shape index (κ2) is 6.68. The number of rotatable bonds is 6. The number of carbonyl (C=O) groups is 1. The maximum absolute atomic E-state index is 10.7. The Morgan fingerprint density at radius 3 is 2.79 bits per heavy atom. The van der Waals surface area contributed by atoms with E-state index in [4.69, 9.17) is 9.84 Å². The van der Waals surface area contributed by atoms with Gasteiger partial charge in [0.05, 0.1) is 11.7 Å². The number of ether oxygens (including phenoxy) is 1. The van der Waals surface area contributed by atoms with E-state index < -0.39 is 5.97 Å². The van der Waals surface area contributed by atoms with Crippen LogP contribution in [0.5, 0.6) is 0 Å². The van der Waals surface area contributed by atoms with E-state index in [9.17, 15) is 4.79 Å². The van der Waals surface area contributed by atoms with E-state index in [-0.39, 0.29) is 0 Å². The third-order valence-corrected chi connectivity index (χ3v) is 3.69. The van der Waals surface area contributed by atoms with Crippen LogP contribution in [0, 0.1) is 5.92 Å². The molecule has 0 spiro atoms. The van der Waals surface area contributed by atoms with Gasteiger partial charge in [0.15, 0.2) is 0 Å². The molecule has 104 valence electrons. The maximum atomic E-state index is 10.7. The van der Waals surface area contributed by atoms with Crippen LogP contribution in [0.4, 0.5) is 0 Å². The summed E-state index contributed by atoms with van der Waals surface area (Å²) < 4.78 is 5.65. The van der Waals surface area contributed by atoms with E-state index in [0.717, 1.165) is 38.1 Å². The molecule has 4 heteroatoms. The van der Waals surface area contributed by atoms with Gasteiger partial charge in [0.2, 0.25) is 0 Å². The van der Waals surface area contributed by atoms with Gasteiger partial charge in [-0.25, -0.2) is 4.79 Å². The van der Waals surface area contributed by atoms with Crippen molar-refractivity contribution in [3.05, 3.63) is 35.4 Å². The van der Waals surface area contributed by atoms with Crippen molar-refractivity contribution in [3.63, 3.8) is 0 Å². The van der Waals surface area contributed by atoms with Gasteiger partial charge in [-0.3, -0.25) is 0 Å². The predicted octanol–water partition coefficient (Wildman–Crippen LogP) is 2.29. The van der Waals surface area contributed by atoms with E-state index in [1.165, 1.54) is 0 Å². The third-order valence-electron chi connectivity index (χ3n) is 3.69. The van der Waals surface area contributed by atoms with Gasteiger partial charge in [-0.15, -0.1) is 0 Å². The van der Waals surface area contributed by atoms with Crippen molar-refractivity contribution in [1.29, 1.82) is 0 Å². The van der Waals surface area contributed by atoms with Crippen molar-refractivity contribution >= 4 is 5.97 Å². The molecule has 2 rings (SSSR count). The molecule has 1 heterocycles. The van der Waals surface area contributed by atoms with Gasteiger partial charge >= 0.3 is 5.97 Å². The van der Waals surface area contributed by atoms with E-state index in [0.29, 0.717) is 17.6 Å². The van der Waals surface area contributed by atoms with Crippen molar-refractivity contribution < 1.29 is 14.6 Å². The molecule has 1 aromatic rings.